The predicted molar refractivity (Wildman–Crippen MR) is 88.5 cm³/mol. The molecule has 0 fully saturated rings. The number of nitrogens with zero attached hydrogens (tertiary/aromatic N) is 1. The lowest BCUT2D eigenvalue weighted by molar-refractivity contribution is 0.901. The van der Waals surface area contributed by atoms with E-state index in [9.17, 15) is 0 Å². The summed E-state index contributed by atoms with van der Waals surface area (Å²) in [4.78, 5) is 2.11. The van der Waals surface area contributed by atoms with Gasteiger partial charge in [-0.1, -0.05) is 37.6 Å². The highest BCUT2D eigenvalue weighted by atomic mass is 15.1. The minimum absolute atomic E-state index is 0.886. The van der Waals surface area contributed by atoms with Crippen molar-refractivity contribution in [1.82, 2.24) is 0 Å². The molecule has 1 N–H and O–H groups in total. The molecule has 0 amide bonds. The quantitative estimate of drug-likeness (QED) is 0.839. The minimum atomic E-state index is 0.886. The molecule has 0 radical (unpaired) electrons. The Kier molecular flexibility index (Phi) is 5.05. The van der Waals surface area contributed by atoms with E-state index in [-0.39, 0.29) is 0 Å². The Morgan fingerprint density at radius 3 is 2.15 bits per heavy atom. The van der Waals surface area contributed by atoms with E-state index in [0.29, 0.717) is 0 Å². The molecule has 0 aromatic heterocycles. The number of benzene rings is 2. The van der Waals surface area contributed by atoms with Gasteiger partial charge in [-0.15, -0.1) is 0 Å². The summed E-state index contributed by atoms with van der Waals surface area (Å²) >= 11 is 0. The van der Waals surface area contributed by atoms with Crippen molar-refractivity contribution >= 4 is 11.4 Å². The fourth-order valence-corrected chi connectivity index (χ4v) is 2.32. The zero-order chi connectivity index (χ0) is 14.4. The molecular formula is C18H24N2. The number of hydrogen-bond acceptors (Lipinski definition) is 2. The molecule has 0 heterocycles. The van der Waals surface area contributed by atoms with Crippen LogP contribution in [0.15, 0.2) is 48.5 Å². The van der Waals surface area contributed by atoms with Crippen LogP contribution < -0.4 is 10.2 Å². The molecule has 2 aromatic carbocycles. The molecule has 2 nitrogen and oxygen atoms in total. The van der Waals surface area contributed by atoms with Crippen molar-refractivity contribution in [2.24, 2.45) is 0 Å². The molecule has 20 heavy (non-hydrogen) atoms. The lowest BCUT2D eigenvalue weighted by atomic mass is 10.0. The van der Waals surface area contributed by atoms with Gasteiger partial charge in [-0.25, -0.2) is 0 Å². The smallest absolute Gasteiger partial charge is 0.0403 e. The second-order valence-electron chi connectivity index (χ2n) is 5.31. The van der Waals surface area contributed by atoms with Crippen molar-refractivity contribution in [3.05, 3.63) is 59.7 Å². The number of rotatable bonds is 6. The second-order valence-corrected chi connectivity index (χ2v) is 5.31. The van der Waals surface area contributed by atoms with E-state index in [0.717, 1.165) is 13.0 Å². The van der Waals surface area contributed by atoms with Gasteiger partial charge in [0.2, 0.25) is 0 Å². The summed E-state index contributed by atoms with van der Waals surface area (Å²) in [6.07, 6.45) is 2.34. The lowest BCUT2D eigenvalue weighted by Crippen LogP contribution is -2.08. The molecular weight excluding hydrogens is 244 g/mol. The molecule has 106 valence electrons. The van der Waals surface area contributed by atoms with E-state index >= 15 is 0 Å². The Balaban J connectivity index is 2.01. The topological polar surface area (TPSA) is 15.3 Å². The highest BCUT2D eigenvalue weighted by Gasteiger charge is 2.01. The maximum Gasteiger partial charge on any atom is 0.0403 e. The number of hydrogen-bond donors (Lipinski definition) is 1. The average molecular weight is 268 g/mol. The monoisotopic (exact) mass is 268 g/mol. The fourth-order valence-electron chi connectivity index (χ4n) is 2.32. The van der Waals surface area contributed by atoms with Crippen molar-refractivity contribution in [2.75, 3.05) is 24.3 Å². The summed E-state index contributed by atoms with van der Waals surface area (Å²) in [5.74, 6) is 0. The van der Waals surface area contributed by atoms with E-state index < -0.39 is 0 Å². The molecule has 2 heteroatoms. The van der Waals surface area contributed by atoms with Crippen LogP contribution in [0.1, 0.15) is 24.5 Å². The van der Waals surface area contributed by atoms with Crippen LogP contribution in [0.2, 0.25) is 0 Å². The Labute approximate surface area is 122 Å². The van der Waals surface area contributed by atoms with Crippen LogP contribution in [0.3, 0.4) is 0 Å². The van der Waals surface area contributed by atoms with Gasteiger partial charge in [0, 0.05) is 32.0 Å². The summed E-state index contributed by atoms with van der Waals surface area (Å²) in [5.41, 5.74) is 5.24. The van der Waals surface area contributed by atoms with Crippen LogP contribution in [0.25, 0.3) is 0 Å². The lowest BCUT2D eigenvalue weighted by Gasteiger charge is -2.14. The summed E-state index contributed by atoms with van der Waals surface area (Å²) < 4.78 is 0. The standard InChI is InChI=1S/C18H24N2/c1-4-7-15-8-5-6-9-16(15)14-19-17-10-12-18(13-11-17)20(2)3/h5-6,8-13,19H,4,7,14H2,1-3H3. The van der Waals surface area contributed by atoms with Crippen LogP contribution in [0.5, 0.6) is 0 Å². The van der Waals surface area contributed by atoms with Gasteiger partial charge in [0.1, 0.15) is 0 Å². The molecule has 2 rings (SSSR count). The number of nitrogens with one attached hydrogen (secondary N) is 1. The van der Waals surface area contributed by atoms with Crippen molar-refractivity contribution in [2.45, 2.75) is 26.3 Å². The predicted octanol–water partition coefficient (Wildman–Crippen LogP) is 4.32. The molecule has 0 bridgehead atoms. The van der Waals surface area contributed by atoms with Crippen molar-refractivity contribution in [3.63, 3.8) is 0 Å². The third kappa shape index (κ3) is 3.77. The molecule has 0 saturated heterocycles. The summed E-state index contributed by atoms with van der Waals surface area (Å²) in [6.45, 7) is 3.11. The maximum atomic E-state index is 3.51. The van der Waals surface area contributed by atoms with Gasteiger partial charge in [-0.3, -0.25) is 0 Å². The van der Waals surface area contributed by atoms with Gasteiger partial charge in [0.25, 0.3) is 0 Å². The Morgan fingerprint density at radius 1 is 0.900 bits per heavy atom. The van der Waals surface area contributed by atoms with Crippen molar-refractivity contribution in [1.29, 1.82) is 0 Å². The highest BCUT2D eigenvalue weighted by molar-refractivity contribution is 5.54. The fraction of sp³-hybridized carbons (Fsp3) is 0.333. The maximum absolute atomic E-state index is 3.51. The largest absolute Gasteiger partial charge is 0.381 e. The highest BCUT2D eigenvalue weighted by Crippen LogP contribution is 2.18. The summed E-state index contributed by atoms with van der Waals surface area (Å²) in [5, 5.41) is 3.51. The van der Waals surface area contributed by atoms with E-state index in [1.165, 1.54) is 28.9 Å². The third-order valence-corrected chi connectivity index (χ3v) is 3.50. The minimum Gasteiger partial charge on any atom is -0.381 e. The normalized spacial score (nSPS) is 10.3. The first-order valence-electron chi connectivity index (χ1n) is 7.28. The summed E-state index contributed by atoms with van der Waals surface area (Å²) in [6, 6.07) is 17.2. The molecule has 0 saturated carbocycles. The van der Waals surface area contributed by atoms with Crippen LogP contribution in [0.4, 0.5) is 11.4 Å². The molecule has 0 aliphatic carbocycles. The summed E-state index contributed by atoms with van der Waals surface area (Å²) in [7, 11) is 4.12. The van der Waals surface area contributed by atoms with Crippen LogP contribution in [-0.4, -0.2) is 14.1 Å². The second kappa shape index (κ2) is 6.99. The number of aryl methyl sites for hydroxylation is 1. The average Bonchev–Trinajstić information content (AvgIpc) is 2.47. The SMILES string of the molecule is CCCc1ccccc1CNc1ccc(N(C)C)cc1. The van der Waals surface area contributed by atoms with Gasteiger partial charge in [-0.2, -0.15) is 0 Å². The number of anilines is 2. The van der Waals surface area contributed by atoms with Gasteiger partial charge in [-0.05, 0) is 41.8 Å². The van der Waals surface area contributed by atoms with Crippen LogP contribution in [0, 0.1) is 0 Å². The van der Waals surface area contributed by atoms with Gasteiger partial charge < -0.3 is 10.2 Å². The zero-order valence-corrected chi connectivity index (χ0v) is 12.7. The first kappa shape index (κ1) is 14.4. The molecule has 0 unspecified atom stereocenters. The third-order valence-electron chi connectivity index (χ3n) is 3.50. The van der Waals surface area contributed by atoms with E-state index in [1.54, 1.807) is 0 Å². The van der Waals surface area contributed by atoms with Crippen molar-refractivity contribution in [3.8, 4) is 0 Å². The van der Waals surface area contributed by atoms with E-state index in [4.69, 9.17) is 0 Å². The van der Waals surface area contributed by atoms with E-state index in [1.807, 2.05) is 0 Å². The molecule has 2 aromatic rings. The zero-order valence-electron chi connectivity index (χ0n) is 12.7. The first-order valence-corrected chi connectivity index (χ1v) is 7.28. The van der Waals surface area contributed by atoms with Crippen molar-refractivity contribution < 1.29 is 0 Å². The Bertz CT molecular complexity index is 529. The molecule has 0 spiro atoms. The Hall–Kier alpha value is -1.96. The van der Waals surface area contributed by atoms with Gasteiger partial charge >= 0.3 is 0 Å². The Morgan fingerprint density at radius 2 is 1.55 bits per heavy atom. The van der Waals surface area contributed by atoms with Gasteiger partial charge in [0.15, 0.2) is 0 Å². The molecule has 0 aliphatic rings. The molecule has 0 atom stereocenters. The van der Waals surface area contributed by atoms with Gasteiger partial charge in [0.05, 0.1) is 0 Å². The van der Waals surface area contributed by atoms with Crippen LogP contribution in [-0.2, 0) is 13.0 Å². The van der Waals surface area contributed by atoms with E-state index in [2.05, 4.69) is 79.8 Å². The van der Waals surface area contributed by atoms with Crippen LogP contribution >= 0.6 is 0 Å². The first-order chi connectivity index (χ1) is 9.70. The molecule has 0 aliphatic heterocycles.